The quantitative estimate of drug-likeness (QED) is 0.307. The lowest BCUT2D eigenvalue weighted by molar-refractivity contribution is -0.299. The molecule has 12 nitrogen and oxygen atoms in total. The summed E-state index contributed by atoms with van der Waals surface area (Å²) in [6.07, 6.45) is -0.869. The molecule has 0 aromatic rings. The maximum atomic E-state index is 14.0. The Bertz CT molecular complexity index is 1070. The van der Waals surface area contributed by atoms with Crippen molar-refractivity contribution in [3.63, 3.8) is 0 Å². The lowest BCUT2D eigenvalue weighted by atomic mass is 9.75. The summed E-state index contributed by atoms with van der Waals surface area (Å²) in [4.78, 5) is 29.3. The van der Waals surface area contributed by atoms with Crippen LogP contribution in [-0.2, 0) is 28.5 Å². The molecule has 2 bridgehead atoms. The van der Waals surface area contributed by atoms with Gasteiger partial charge in [0.1, 0.15) is 23.9 Å². The summed E-state index contributed by atoms with van der Waals surface area (Å²) < 4.78 is 31.8. The summed E-state index contributed by atoms with van der Waals surface area (Å²) in [5.74, 6) is -2.50. The number of alkyl carbamates (subject to hydrolysis) is 1. The fraction of sp³-hybridized carbons (Fsp3) is 0.943. The van der Waals surface area contributed by atoms with E-state index in [9.17, 15) is 19.8 Å². The fourth-order valence-electron chi connectivity index (χ4n) is 8.87. The normalized spacial score (nSPS) is 47.1. The molecule has 15 atom stereocenters. The molecule has 5 N–H and O–H groups in total. The van der Waals surface area contributed by atoms with Gasteiger partial charge in [0, 0.05) is 30.0 Å². The number of aliphatic hydroxyl groups is 2. The van der Waals surface area contributed by atoms with Crippen molar-refractivity contribution < 1.29 is 43.5 Å². The predicted molar refractivity (Wildman–Crippen MR) is 176 cm³/mol. The Morgan fingerprint density at radius 3 is 2.34 bits per heavy atom. The third-order valence-electron chi connectivity index (χ3n) is 11.7. The number of nitrogens with one attached hydrogen (secondary N) is 1. The Morgan fingerprint density at radius 1 is 1.11 bits per heavy atom. The van der Waals surface area contributed by atoms with E-state index >= 15 is 0 Å². The van der Waals surface area contributed by atoms with Gasteiger partial charge in [-0.2, -0.15) is 0 Å². The monoisotopic (exact) mass is 669 g/mol. The molecule has 3 aliphatic heterocycles. The highest BCUT2D eigenvalue weighted by Crippen LogP contribution is 2.45. The molecule has 12 heteroatoms. The van der Waals surface area contributed by atoms with Gasteiger partial charge in [0.2, 0.25) is 0 Å². The third-order valence-corrected chi connectivity index (χ3v) is 11.7. The van der Waals surface area contributed by atoms with E-state index in [1.165, 1.54) is 0 Å². The molecule has 1 aliphatic carbocycles. The van der Waals surface area contributed by atoms with Gasteiger partial charge in [0.05, 0.1) is 29.8 Å². The van der Waals surface area contributed by atoms with Gasteiger partial charge in [-0.3, -0.25) is 4.79 Å². The minimum Gasteiger partial charge on any atom is -0.459 e. The standard InChI is InChI=1S/C35H63N3O9/c1-11-25-35(8)29(36)20(4)27(47-35)18(2)17-34(7,42)30(46-32-26(39)24(38(9)10)16-19(3)43-32)21(5)28(22(6)31(40)44-25)45-33(41)37-23-14-12-13-15-23/h18-30,32,39,42H,11-17,36H2,1-10H3,(H,37,41)/t18-,19-,20+,21+,22-,24+,25-,26-,27+,28+,29+,30-,32+,34+,35?/m1/s1. The molecule has 0 radical (unpaired) electrons. The molecule has 0 aromatic heterocycles. The van der Waals surface area contributed by atoms with E-state index in [1.54, 1.807) is 13.8 Å². The SMILES string of the molecule is CC[C@H]1OC(=O)[C@H](C)[C@@H](OC(=O)NC2CCCC2)[C@H](C)[C@@H](O[C@@H]2O[C@H](C)C[C@H](N(C)C)[C@H]2O)[C@@](C)(O)C[C@@H](C)[C@@H]2OC1(C)[C@@H](N)[C@H]2C. The molecule has 0 aromatic carbocycles. The average molecular weight is 670 g/mol. The van der Waals surface area contributed by atoms with Gasteiger partial charge in [0.25, 0.3) is 0 Å². The fourth-order valence-corrected chi connectivity index (χ4v) is 8.87. The van der Waals surface area contributed by atoms with Crippen molar-refractivity contribution in [2.75, 3.05) is 14.1 Å². The Morgan fingerprint density at radius 2 is 1.74 bits per heavy atom. The van der Waals surface area contributed by atoms with Crippen LogP contribution < -0.4 is 11.1 Å². The second kappa shape index (κ2) is 15.1. The van der Waals surface area contributed by atoms with E-state index in [-0.39, 0.29) is 42.5 Å². The smallest absolute Gasteiger partial charge is 0.407 e. The van der Waals surface area contributed by atoms with Crippen LogP contribution in [0.25, 0.3) is 0 Å². The van der Waals surface area contributed by atoms with Gasteiger partial charge in [-0.05, 0) is 79.8 Å². The molecular weight excluding hydrogens is 606 g/mol. The zero-order chi connectivity index (χ0) is 35.0. The Hall–Kier alpha value is -1.54. The van der Waals surface area contributed by atoms with Crippen LogP contribution in [0.15, 0.2) is 0 Å². The van der Waals surface area contributed by atoms with Crippen LogP contribution in [0.4, 0.5) is 4.79 Å². The highest BCUT2D eigenvalue weighted by atomic mass is 16.7. The third kappa shape index (κ3) is 8.10. The topological polar surface area (TPSA) is 162 Å². The minimum absolute atomic E-state index is 0.00154. The number of amides is 1. The number of nitrogens with two attached hydrogens (primary N) is 1. The van der Waals surface area contributed by atoms with Crippen LogP contribution >= 0.6 is 0 Å². The van der Waals surface area contributed by atoms with Crippen molar-refractivity contribution >= 4 is 12.1 Å². The first-order chi connectivity index (χ1) is 21.9. The van der Waals surface area contributed by atoms with Gasteiger partial charge in [-0.1, -0.05) is 40.5 Å². The van der Waals surface area contributed by atoms with Crippen molar-refractivity contribution in [2.45, 2.75) is 173 Å². The van der Waals surface area contributed by atoms with Gasteiger partial charge in [-0.25, -0.2) is 4.79 Å². The number of nitrogens with zero attached hydrogens (tertiary/aromatic N) is 1. The summed E-state index contributed by atoms with van der Waals surface area (Å²) in [6.45, 7) is 15.0. The number of likely N-dealkylation sites (N-methyl/N-ethyl adjacent to an activating group) is 1. The molecule has 4 aliphatic rings. The molecule has 1 amide bonds. The summed E-state index contributed by atoms with van der Waals surface area (Å²) in [5, 5.41) is 26.8. The number of esters is 1. The number of hydrogen-bond acceptors (Lipinski definition) is 11. The Kier molecular flexibility index (Phi) is 12.3. The average Bonchev–Trinajstić information content (AvgIpc) is 3.59. The van der Waals surface area contributed by atoms with Crippen molar-refractivity contribution in [2.24, 2.45) is 29.4 Å². The van der Waals surface area contributed by atoms with E-state index in [0.29, 0.717) is 12.8 Å². The van der Waals surface area contributed by atoms with Crippen molar-refractivity contribution in [1.29, 1.82) is 0 Å². The minimum atomic E-state index is -1.53. The molecule has 272 valence electrons. The highest BCUT2D eigenvalue weighted by molar-refractivity contribution is 5.74. The second-order valence-electron chi connectivity index (χ2n) is 15.8. The molecule has 3 heterocycles. The van der Waals surface area contributed by atoms with Gasteiger partial charge < -0.3 is 49.8 Å². The van der Waals surface area contributed by atoms with Crippen LogP contribution in [0.2, 0.25) is 0 Å². The van der Waals surface area contributed by atoms with E-state index < -0.39 is 71.8 Å². The molecule has 47 heavy (non-hydrogen) atoms. The van der Waals surface area contributed by atoms with Gasteiger partial charge in [0.15, 0.2) is 6.29 Å². The van der Waals surface area contributed by atoms with Gasteiger partial charge >= 0.3 is 12.1 Å². The molecule has 0 spiro atoms. The lowest BCUT2D eigenvalue weighted by Crippen LogP contribution is -2.59. The summed E-state index contributed by atoms with van der Waals surface area (Å²) in [6, 6.07) is -0.670. The Labute approximate surface area is 281 Å². The van der Waals surface area contributed by atoms with Crippen molar-refractivity contribution in [1.82, 2.24) is 10.2 Å². The van der Waals surface area contributed by atoms with Crippen LogP contribution in [0, 0.1) is 23.7 Å². The maximum Gasteiger partial charge on any atom is 0.407 e. The van der Waals surface area contributed by atoms with E-state index in [2.05, 4.69) is 5.32 Å². The van der Waals surface area contributed by atoms with Crippen molar-refractivity contribution in [3.8, 4) is 0 Å². The summed E-state index contributed by atoms with van der Waals surface area (Å²) in [5.41, 5.74) is 4.31. The van der Waals surface area contributed by atoms with Crippen molar-refractivity contribution in [3.05, 3.63) is 0 Å². The first-order valence-corrected chi connectivity index (χ1v) is 17.9. The summed E-state index contributed by atoms with van der Waals surface area (Å²) >= 11 is 0. The number of ether oxygens (including phenoxy) is 5. The zero-order valence-corrected chi connectivity index (χ0v) is 30.3. The number of fused-ring (bicyclic) bond motifs is 2. The second-order valence-corrected chi connectivity index (χ2v) is 15.8. The number of cyclic esters (lactones) is 1. The highest BCUT2D eigenvalue weighted by Gasteiger charge is 2.57. The molecule has 4 rings (SSSR count). The Balaban J connectivity index is 1.76. The number of rotatable bonds is 6. The predicted octanol–water partition coefficient (Wildman–Crippen LogP) is 3.34. The van der Waals surface area contributed by atoms with Gasteiger partial charge in [-0.15, -0.1) is 0 Å². The number of hydrogen-bond donors (Lipinski definition) is 4. The molecule has 3 saturated heterocycles. The molecular formula is C35H63N3O9. The largest absolute Gasteiger partial charge is 0.459 e. The van der Waals surface area contributed by atoms with Crippen LogP contribution in [0.5, 0.6) is 0 Å². The summed E-state index contributed by atoms with van der Waals surface area (Å²) in [7, 11) is 3.79. The first kappa shape index (κ1) is 38.3. The van der Waals surface area contributed by atoms with Crippen LogP contribution in [0.3, 0.4) is 0 Å². The van der Waals surface area contributed by atoms with E-state index in [1.807, 2.05) is 60.5 Å². The van der Waals surface area contributed by atoms with E-state index in [0.717, 1.165) is 25.7 Å². The lowest BCUT2D eigenvalue weighted by Gasteiger charge is -2.47. The molecule has 1 unspecified atom stereocenters. The van der Waals surface area contributed by atoms with Crippen LogP contribution in [-0.4, -0.2) is 114 Å². The molecule has 1 saturated carbocycles. The molecule has 4 fully saturated rings. The number of carbonyl (C=O) groups is 2. The zero-order valence-electron chi connectivity index (χ0n) is 30.3. The maximum absolute atomic E-state index is 14.0. The van der Waals surface area contributed by atoms with E-state index in [4.69, 9.17) is 29.4 Å². The first-order valence-electron chi connectivity index (χ1n) is 17.9. The number of aliphatic hydroxyl groups excluding tert-OH is 1. The number of carbonyl (C=O) groups excluding carboxylic acids is 2. The van der Waals surface area contributed by atoms with Crippen LogP contribution in [0.1, 0.15) is 100 Å².